The zero-order valence-corrected chi connectivity index (χ0v) is 19.1. The third-order valence-electron chi connectivity index (χ3n) is 5.09. The number of benzene rings is 1. The van der Waals surface area contributed by atoms with Crippen LogP contribution in [0.2, 0.25) is 0 Å². The SMILES string of the molecule is CCCNC(=O)[C@H]1CN(C(=O)NC(C)(C)C)C[C@@H]1c1cc(OC)c(OC)c(OC)c1. The number of amides is 3. The lowest BCUT2D eigenvalue weighted by Crippen LogP contribution is -2.48. The molecule has 0 bridgehead atoms. The van der Waals surface area contributed by atoms with Crippen LogP contribution in [-0.2, 0) is 4.79 Å². The molecule has 2 N–H and O–H groups in total. The summed E-state index contributed by atoms with van der Waals surface area (Å²) in [4.78, 5) is 27.4. The number of carbonyl (C=O) groups excluding carboxylic acids is 2. The summed E-state index contributed by atoms with van der Waals surface area (Å²) in [7, 11) is 4.67. The molecule has 2 atom stereocenters. The summed E-state index contributed by atoms with van der Waals surface area (Å²) in [6.07, 6.45) is 0.849. The zero-order valence-electron chi connectivity index (χ0n) is 19.1. The van der Waals surface area contributed by atoms with Gasteiger partial charge in [0.25, 0.3) is 0 Å². The fourth-order valence-electron chi connectivity index (χ4n) is 3.67. The Morgan fingerprint density at radius 1 is 1.07 bits per heavy atom. The molecule has 168 valence electrons. The molecule has 1 aliphatic heterocycles. The monoisotopic (exact) mass is 421 g/mol. The second-order valence-electron chi connectivity index (χ2n) is 8.55. The van der Waals surface area contributed by atoms with Gasteiger partial charge in [0.15, 0.2) is 11.5 Å². The Bertz CT molecular complexity index is 735. The first-order chi connectivity index (χ1) is 14.1. The highest BCUT2D eigenvalue weighted by Crippen LogP contribution is 2.43. The fourth-order valence-corrected chi connectivity index (χ4v) is 3.67. The molecule has 0 aliphatic carbocycles. The first-order valence-corrected chi connectivity index (χ1v) is 10.3. The molecule has 0 spiro atoms. The number of urea groups is 1. The Labute approximate surface area is 179 Å². The van der Waals surface area contributed by atoms with Crippen molar-refractivity contribution in [3.8, 4) is 17.2 Å². The fraction of sp³-hybridized carbons (Fsp3) is 0.636. The van der Waals surface area contributed by atoms with Crippen LogP contribution in [0.1, 0.15) is 45.6 Å². The standard InChI is InChI=1S/C22H35N3O5/c1-8-9-23-20(26)16-13-25(21(27)24-22(2,3)4)12-15(16)14-10-17(28-5)19(30-7)18(11-14)29-6/h10-11,15-16H,8-9,12-13H2,1-7H3,(H,23,26)(H,24,27)/t15-,16+/m1/s1. The van der Waals surface area contributed by atoms with Gasteiger partial charge in [-0.3, -0.25) is 4.79 Å². The lowest BCUT2D eigenvalue weighted by molar-refractivity contribution is -0.124. The highest BCUT2D eigenvalue weighted by atomic mass is 16.5. The third kappa shape index (κ3) is 5.49. The van der Waals surface area contributed by atoms with Gasteiger partial charge >= 0.3 is 6.03 Å². The molecule has 1 aromatic carbocycles. The van der Waals surface area contributed by atoms with Crippen LogP contribution >= 0.6 is 0 Å². The van der Waals surface area contributed by atoms with Crippen molar-refractivity contribution < 1.29 is 23.8 Å². The van der Waals surface area contributed by atoms with Gasteiger partial charge in [-0.1, -0.05) is 6.92 Å². The van der Waals surface area contributed by atoms with E-state index in [1.807, 2.05) is 39.8 Å². The van der Waals surface area contributed by atoms with E-state index in [4.69, 9.17) is 14.2 Å². The van der Waals surface area contributed by atoms with Gasteiger partial charge in [-0.05, 0) is 44.9 Å². The number of hydrogen-bond donors (Lipinski definition) is 2. The average Bonchev–Trinajstić information content (AvgIpc) is 3.15. The van der Waals surface area contributed by atoms with Crippen LogP contribution in [0.5, 0.6) is 17.2 Å². The van der Waals surface area contributed by atoms with Gasteiger partial charge in [-0.15, -0.1) is 0 Å². The topological polar surface area (TPSA) is 89.1 Å². The molecule has 3 amide bonds. The van der Waals surface area contributed by atoms with E-state index in [0.717, 1.165) is 12.0 Å². The van der Waals surface area contributed by atoms with Crippen molar-refractivity contribution >= 4 is 11.9 Å². The molecule has 0 unspecified atom stereocenters. The van der Waals surface area contributed by atoms with E-state index in [1.165, 1.54) is 0 Å². The van der Waals surface area contributed by atoms with Crippen molar-refractivity contribution in [1.29, 1.82) is 0 Å². The molecular formula is C22H35N3O5. The van der Waals surface area contributed by atoms with E-state index in [2.05, 4.69) is 10.6 Å². The van der Waals surface area contributed by atoms with Crippen LogP contribution in [-0.4, -0.2) is 63.3 Å². The van der Waals surface area contributed by atoms with Crippen molar-refractivity contribution in [2.45, 2.75) is 45.6 Å². The molecule has 0 radical (unpaired) electrons. The summed E-state index contributed by atoms with van der Waals surface area (Å²) in [5.41, 5.74) is 0.508. The first kappa shape index (κ1) is 23.6. The van der Waals surface area contributed by atoms with Crippen LogP contribution < -0.4 is 24.8 Å². The highest BCUT2D eigenvalue weighted by Gasteiger charge is 2.41. The number of rotatable bonds is 7. The van der Waals surface area contributed by atoms with Crippen LogP contribution in [0.3, 0.4) is 0 Å². The Balaban J connectivity index is 2.40. The van der Waals surface area contributed by atoms with Gasteiger partial charge in [-0.2, -0.15) is 0 Å². The van der Waals surface area contributed by atoms with Crippen LogP contribution in [0, 0.1) is 5.92 Å². The quantitative estimate of drug-likeness (QED) is 0.707. The Kier molecular flexibility index (Phi) is 7.81. The second kappa shape index (κ2) is 9.91. The predicted octanol–water partition coefficient (Wildman–Crippen LogP) is 2.76. The number of nitrogens with one attached hydrogen (secondary N) is 2. The van der Waals surface area contributed by atoms with E-state index in [-0.39, 0.29) is 29.3 Å². The zero-order chi connectivity index (χ0) is 22.5. The molecule has 0 aromatic heterocycles. The van der Waals surface area contributed by atoms with Crippen LogP contribution in [0.4, 0.5) is 4.79 Å². The molecule has 1 heterocycles. The summed E-state index contributed by atoms with van der Waals surface area (Å²) in [6, 6.07) is 3.54. The minimum Gasteiger partial charge on any atom is -0.493 e. The summed E-state index contributed by atoms with van der Waals surface area (Å²) in [5, 5.41) is 5.96. The van der Waals surface area contributed by atoms with Gasteiger partial charge in [-0.25, -0.2) is 4.79 Å². The maximum atomic E-state index is 12.9. The van der Waals surface area contributed by atoms with Crippen molar-refractivity contribution in [2.75, 3.05) is 41.0 Å². The largest absolute Gasteiger partial charge is 0.493 e. The number of ether oxygens (including phenoxy) is 3. The molecule has 30 heavy (non-hydrogen) atoms. The van der Waals surface area contributed by atoms with Gasteiger partial charge in [0.05, 0.1) is 27.2 Å². The van der Waals surface area contributed by atoms with E-state index in [0.29, 0.717) is 36.9 Å². The molecule has 8 nitrogen and oxygen atoms in total. The molecule has 8 heteroatoms. The molecule has 1 saturated heterocycles. The smallest absolute Gasteiger partial charge is 0.317 e. The van der Waals surface area contributed by atoms with Gasteiger partial charge in [0.2, 0.25) is 11.7 Å². The minimum atomic E-state index is -0.370. The first-order valence-electron chi connectivity index (χ1n) is 10.3. The molecular weight excluding hydrogens is 386 g/mol. The van der Waals surface area contributed by atoms with E-state index >= 15 is 0 Å². The molecule has 1 fully saturated rings. The number of carbonyl (C=O) groups is 2. The molecule has 1 aromatic rings. The Hall–Kier alpha value is -2.64. The normalized spacial score (nSPS) is 18.7. The molecule has 0 saturated carbocycles. The number of nitrogens with zero attached hydrogens (tertiary/aromatic N) is 1. The average molecular weight is 422 g/mol. The van der Waals surface area contributed by atoms with Crippen molar-refractivity contribution in [1.82, 2.24) is 15.5 Å². The lowest BCUT2D eigenvalue weighted by atomic mass is 9.88. The molecule has 2 rings (SSSR count). The number of methoxy groups -OCH3 is 3. The summed E-state index contributed by atoms with van der Waals surface area (Å²) >= 11 is 0. The van der Waals surface area contributed by atoms with Crippen LogP contribution in [0.15, 0.2) is 12.1 Å². The van der Waals surface area contributed by atoms with E-state index in [1.54, 1.807) is 26.2 Å². The van der Waals surface area contributed by atoms with Crippen molar-refractivity contribution in [3.05, 3.63) is 17.7 Å². The third-order valence-corrected chi connectivity index (χ3v) is 5.09. The van der Waals surface area contributed by atoms with Crippen LogP contribution in [0.25, 0.3) is 0 Å². The Morgan fingerprint density at radius 3 is 2.13 bits per heavy atom. The summed E-state index contributed by atoms with van der Waals surface area (Å²) in [6.45, 7) is 9.18. The highest BCUT2D eigenvalue weighted by molar-refractivity contribution is 5.83. The minimum absolute atomic E-state index is 0.0540. The summed E-state index contributed by atoms with van der Waals surface area (Å²) < 4.78 is 16.4. The lowest BCUT2D eigenvalue weighted by Gasteiger charge is -2.25. The second-order valence-corrected chi connectivity index (χ2v) is 8.55. The van der Waals surface area contributed by atoms with E-state index in [9.17, 15) is 9.59 Å². The van der Waals surface area contributed by atoms with Gasteiger partial charge < -0.3 is 29.7 Å². The number of likely N-dealkylation sites (tertiary alicyclic amines) is 1. The molecule has 1 aliphatic rings. The predicted molar refractivity (Wildman–Crippen MR) is 115 cm³/mol. The van der Waals surface area contributed by atoms with E-state index < -0.39 is 0 Å². The summed E-state index contributed by atoms with van der Waals surface area (Å²) in [5.74, 6) is 0.929. The van der Waals surface area contributed by atoms with Gasteiger partial charge in [0, 0.05) is 31.1 Å². The van der Waals surface area contributed by atoms with Crippen molar-refractivity contribution in [3.63, 3.8) is 0 Å². The maximum Gasteiger partial charge on any atom is 0.317 e. The van der Waals surface area contributed by atoms with Gasteiger partial charge in [0.1, 0.15) is 0 Å². The number of hydrogen-bond acceptors (Lipinski definition) is 5. The Morgan fingerprint density at radius 2 is 1.67 bits per heavy atom. The van der Waals surface area contributed by atoms with Crippen molar-refractivity contribution in [2.24, 2.45) is 5.92 Å². The maximum absolute atomic E-state index is 12.9.